The van der Waals surface area contributed by atoms with Crippen molar-refractivity contribution in [2.45, 2.75) is 0 Å². The van der Waals surface area contributed by atoms with Gasteiger partial charge in [-0.3, -0.25) is 0 Å². The van der Waals surface area contributed by atoms with Gasteiger partial charge in [-0.2, -0.15) is 0 Å². The Labute approximate surface area is 111 Å². The third-order valence-electron chi connectivity index (χ3n) is 3.23. The van der Waals surface area contributed by atoms with Gasteiger partial charge in [0.05, 0.1) is 10.0 Å². The van der Waals surface area contributed by atoms with Gasteiger partial charge in [-0.05, 0) is 35.0 Å². The van der Waals surface area contributed by atoms with Gasteiger partial charge < -0.3 is 11.5 Å². The maximum atomic E-state index is 5.90. The molecule has 0 aliphatic carbocycles. The summed E-state index contributed by atoms with van der Waals surface area (Å²) < 4.78 is 2.48. The third-order valence-corrected chi connectivity index (χ3v) is 5.09. The zero-order valence-electron chi connectivity index (χ0n) is 9.44. The van der Waals surface area contributed by atoms with Gasteiger partial charge in [0.25, 0.3) is 0 Å². The average molecular weight is 270 g/mol. The van der Waals surface area contributed by atoms with Crippen LogP contribution in [0.2, 0.25) is 0 Å². The summed E-state index contributed by atoms with van der Waals surface area (Å²) in [5.41, 5.74) is 11.8. The van der Waals surface area contributed by atoms with Crippen molar-refractivity contribution in [2.75, 3.05) is 11.5 Å². The Bertz CT molecular complexity index is 826. The maximum absolute atomic E-state index is 5.90. The van der Waals surface area contributed by atoms with Crippen molar-refractivity contribution in [1.29, 1.82) is 0 Å². The molecule has 4 heteroatoms. The lowest BCUT2D eigenvalue weighted by atomic mass is 10.0. The van der Waals surface area contributed by atoms with Crippen molar-refractivity contribution >= 4 is 63.6 Å². The van der Waals surface area contributed by atoms with Crippen LogP contribution in [0.3, 0.4) is 0 Å². The van der Waals surface area contributed by atoms with E-state index in [1.807, 2.05) is 0 Å². The lowest BCUT2D eigenvalue weighted by Crippen LogP contribution is -1.75. The molecule has 0 bridgehead atoms. The molecule has 2 aromatic heterocycles. The van der Waals surface area contributed by atoms with Crippen LogP contribution < -0.4 is 11.5 Å². The Morgan fingerprint density at radius 1 is 0.611 bits per heavy atom. The van der Waals surface area contributed by atoms with Gasteiger partial charge in [-0.25, -0.2) is 0 Å². The van der Waals surface area contributed by atoms with E-state index in [9.17, 15) is 0 Å². The summed E-state index contributed by atoms with van der Waals surface area (Å²) in [6.45, 7) is 0. The van der Waals surface area contributed by atoms with Crippen molar-refractivity contribution in [3.8, 4) is 0 Å². The van der Waals surface area contributed by atoms with E-state index in [0.29, 0.717) is 0 Å². The van der Waals surface area contributed by atoms with E-state index < -0.39 is 0 Å². The first-order valence-corrected chi connectivity index (χ1v) is 7.25. The van der Waals surface area contributed by atoms with E-state index in [4.69, 9.17) is 11.5 Å². The number of rotatable bonds is 0. The fourth-order valence-corrected chi connectivity index (χ4v) is 4.18. The van der Waals surface area contributed by atoms with Gasteiger partial charge in [0.1, 0.15) is 0 Å². The summed E-state index contributed by atoms with van der Waals surface area (Å²) in [5, 5.41) is 6.71. The molecular formula is C14H10N2S2. The molecule has 0 atom stereocenters. The van der Waals surface area contributed by atoms with Gasteiger partial charge in [0.2, 0.25) is 0 Å². The summed E-state index contributed by atoms with van der Waals surface area (Å²) >= 11 is 3.27. The first kappa shape index (κ1) is 10.2. The minimum absolute atomic E-state index is 0.863. The van der Waals surface area contributed by atoms with E-state index in [1.165, 1.54) is 30.9 Å². The highest BCUT2D eigenvalue weighted by atomic mass is 32.1. The number of thiophene rings is 2. The largest absolute Gasteiger partial charge is 0.391 e. The fourth-order valence-electron chi connectivity index (χ4n) is 2.49. The molecule has 18 heavy (non-hydrogen) atoms. The SMILES string of the molecule is Nc1cc2c(ccc3c4cc(N)sc4ccc23)s1. The number of anilines is 2. The average Bonchev–Trinajstić information content (AvgIpc) is 2.89. The summed E-state index contributed by atoms with van der Waals surface area (Å²) in [6, 6.07) is 12.7. The molecule has 0 aliphatic rings. The second-order valence-corrected chi connectivity index (χ2v) is 6.58. The predicted octanol–water partition coefficient (Wildman–Crippen LogP) is 4.43. The van der Waals surface area contributed by atoms with Crippen LogP contribution in [0.25, 0.3) is 30.9 Å². The van der Waals surface area contributed by atoms with Crippen LogP contribution in [0.15, 0.2) is 36.4 Å². The zero-order valence-corrected chi connectivity index (χ0v) is 11.1. The Kier molecular flexibility index (Phi) is 1.90. The molecule has 0 aliphatic heterocycles. The quantitative estimate of drug-likeness (QED) is 0.496. The molecule has 88 valence electrons. The number of hydrogen-bond donors (Lipinski definition) is 2. The molecule has 0 saturated carbocycles. The third kappa shape index (κ3) is 1.27. The molecule has 0 saturated heterocycles. The van der Waals surface area contributed by atoms with E-state index in [0.717, 1.165) is 10.0 Å². The topological polar surface area (TPSA) is 52.0 Å². The summed E-state index contributed by atoms with van der Waals surface area (Å²) in [4.78, 5) is 0. The Morgan fingerprint density at radius 3 is 1.50 bits per heavy atom. The Hall–Kier alpha value is -1.78. The Balaban J connectivity index is 2.29. The van der Waals surface area contributed by atoms with Gasteiger partial charge in [0, 0.05) is 20.2 Å². The molecule has 4 aromatic rings. The zero-order chi connectivity index (χ0) is 12.3. The van der Waals surface area contributed by atoms with Crippen molar-refractivity contribution in [2.24, 2.45) is 0 Å². The molecule has 2 heterocycles. The van der Waals surface area contributed by atoms with E-state index in [-0.39, 0.29) is 0 Å². The minimum Gasteiger partial charge on any atom is -0.391 e. The normalized spacial score (nSPS) is 11.8. The maximum Gasteiger partial charge on any atom is 0.0869 e. The summed E-state index contributed by atoms with van der Waals surface area (Å²) in [6.07, 6.45) is 0. The fraction of sp³-hybridized carbons (Fsp3) is 0. The predicted molar refractivity (Wildman–Crippen MR) is 83.5 cm³/mol. The Morgan fingerprint density at radius 2 is 1.06 bits per heavy atom. The van der Waals surface area contributed by atoms with Gasteiger partial charge >= 0.3 is 0 Å². The molecule has 4 N–H and O–H groups in total. The molecule has 2 aromatic carbocycles. The first-order valence-electron chi connectivity index (χ1n) is 5.62. The van der Waals surface area contributed by atoms with Crippen LogP contribution in [-0.4, -0.2) is 0 Å². The van der Waals surface area contributed by atoms with Crippen LogP contribution in [0.5, 0.6) is 0 Å². The van der Waals surface area contributed by atoms with Crippen molar-refractivity contribution in [1.82, 2.24) is 0 Å². The minimum atomic E-state index is 0.863. The molecular weight excluding hydrogens is 260 g/mol. The molecule has 0 radical (unpaired) electrons. The van der Waals surface area contributed by atoms with Gasteiger partial charge in [-0.1, -0.05) is 12.1 Å². The molecule has 0 amide bonds. The summed E-state index contributed by atoms with van der Waals surface area (Å²) in [7, 11) is 0. The highest BCUT2D eigenvalue weighted by Crippen LogP contribution is 2.38. The number of benzene rings is 2. The standard InChI is InChI=1S/C14H10N2S2/c15-13-5-9-7-1-3-11-10(6-14(16)17-11)8(7)2-4-12(9)18-13/h1-6H,15-16H2. The lowest BCUT2D eigenvalue weighted by Gasteiger charge is -2.01. The molecule has 0 unspecified atom stereocenters. The lowest BCUT2D eigenvalue weighted by molar-refractivity contribution is 1.92. The van der Waals surface area contributed by atoms with Gasteiger partial charge in [0.15, 0.2) is 0 Å². The monoisotopic (exact) mass is 270 g/mol. The molecule has 4 rings (SSSR count). The highest BCUT2D eigenvalue weighted by Gasteiger charge is 2.08. The summed E-state index contributed by atoms with van der Waals surface area (Å²) in [5.74, 6) is 0. The second-order valence-electron chi connectivity index (χ2n) is 4.35. The highest BCUT2D eigenvalue weighted by molar-refractivity contribution is 7.23. The van der Waals surface area contributed by atoms with Gasteiger partial charge in [-0.15, -0.1) is 22.7 Å². The van der Waals surface area contributed by atoms with Crippen LogP contribution in [0, 0.1) is 0 Å². The molecule has 2 nitrogen and oxygen atoms in total. The number of hydrogen-bond acceptors (Lipinski definition) is 4. The van der Waals surface area contributed by atoms with Crippen LogP contribution >= 0.6 is 22.7 Å². The van der Waals surface area contributed by atoms with Crippen LogP contribution in [0.4, 0.5) is 10.0 Å². The second kappa shape index (κ2) is 3.37. The molecule has 0 fully saturated rings. The van der Waals surface area contributed by atoms with E-state index in [1.54, 1.807) is 22.7 Å². The van der Waals surface area contributed by atoms with Crippen LogP contribution in [-0.2, 0) is 0 Å². The van der Waals surface area contributed by atoms with E-state index in [2.05, 4.69) is 36.4 Å². The van der Waals surface area contributed by atoms with E-state index >= 15 is 0 Å². The van der Waals surface area contributed by atoms with Crippen molar-refractivity contribution in [3.05, 3.63) is 36.4 Å². The van der Waals surface area contributed by atoms with Crippen LogP contribution in [0.1, 0.15) is 0 Å². The van der Waals surface area contributed by atoms with Crippen molar-refractivity contribution in [3.63, 3.8) is 0 Å². The number of nitrogen functional groups attached to an aromatic ring is 2. The molecule has 0 spiro atoms. The number of fused-ring (bicyclic) bond motifs is 5. The number of nitrogens with two attached hydrogens (primary N) is 2. The smallest absolute Gasteiger partial charge is 0.0869 e. The van der Waals surface area contributed by atoms with Crippen molar-refractivity contribution < 1.29 is 0 Å². The first-order chi connectivity index (χ1) is 8.72.